The van der Waals surface area contributed by atoms with Crippen LogP contribution in [0.2, 0.25) is 0 Å². The van der Waals surface area contributed by atoms with E-state index in [2.05, 4.69) is 10.1 Å². The van der Waals surface area contributed by atoms with E-state index >= 15 is 0 Å². The fourth-order valence-corrected chi connectivity index (χ4v) is 1.75. The summed E-state index contributed by atoms with van der Waals surface area (Å²) < 4.78 is 4.65. The van der Waals surface area contributed by atoms with Crippen LogP contribution >= 0.6 is 0 Å². The van der Waals surface area contributed by atoms with Gasteiger partial charge in [-0.15, -0.1) is 0 Å². The van der Waals surface area contributed by atoms with Crippen LogP contribution in [0, 0.1) is 5.41 Å². The quantitative estimate of drug-likeness (QED) is 0.457. The molecule has 0 aromatic heterocycles. The molecule has 0 aromatic rings. The van der Waals surface area contributed by atoms with Gasteiger partial charge in [-0.25, -0.2) is 4.79 Å². The number of amides is 1. The van der Waals surface area contributed by atoms with Gasteiger partial charge >= 0.3 is 11.9 Å². The molecule has 0 fully saturated rings. The number of hydrogen-bond donors (Lipinski definition) is 3. The molecule has 7 heteroatoms. The Morgan fingerprint density at radius 3 is 2.25 bits per heavy atom. The Kier molecular flexibility index (Phi) is 7.20. The van der Waals surface area contributed by atoms with Crippen molar-refractivity contribution in [3.63, 3.8) is 0 Å². The van der Waals surface area contributed by atoms with Gasteiger partial charge in [0.1, 0.15) is 0 Å². The molecule has 0 aliphatic carbocycles. The number of nitrogens with one attached hydrogen (secondary N) is 1. The van der Waals surface area contributed by atoms with Crippen molar-refractivity contribution in [1.82, 2.24) is 5.32 Å². The summed E-state index contributed by atoms with van der Waals surface area (Å²) in [6.45, 7) is 7.52. The number of esters is 1. The Labute approximate surface area is 118 Å². The highest BCUT2D eigenvalue weighted by atomic mass is 16.5. The van der Waals surface area contributed by atoms with Crippen molar-refractivity contribution in [3.8, 4) is 0 Å². The summed E-state index contributed by atoms with van der Waals surface area (Å²) in [5, 5.41) is 11.3. The smallest absolute Gasteiger partial charge is 0.332 e. The Hall–Kier alpha value is -1.63. The highest BCUT2D eigenvalue weighted by Gasteiger charge is 2.28. The zero-order valence-electron chi connectivity index (χ0n) is 12.4. The summed E-state index contributed by atoms with van der Waals surface area (Å²) in [4.78, 5) is 34.0. The minimum atomic E-state index is -1.44. The molecule has 7 nitrogen and oxygen atoms in total. The van der Waals surface area contributed by atoms with Gasteiger partial charge in [-0.2, -0.15) is 0 Å². The number of carbonyl (C=O) groups is 3. The number of ether oxygens (including phenoxy) is 1. The van der Waals surface area contributed by atoms with Crippen molar-refractivity contribution in [2.45, 2.75) is 52.6 Å². The molecule has 0 spiro atoms. The first-order chi connectivity index (χ1) is 9.06. The molecule has 0 bridgehead atoms. The third-order valence-electron chi connectivity index (χ3n) is 2.45. The molecule has 2 unspecified atom stereocenters. The maximum atomic E-state index is 11.8. The summed E-state index contributed by atoms with van der Waals surface area (Å²) in [5.41, 5.74) is 5.29. The van der Waals surface area contributed by atoms with Crippen LogP contribution in [-0.4, -0.2) is 41.6 Å². The van der Waals surface area contributed by atoms with E-state index in [1.165, 1.54) is 0 Å². The lowest BCUT2D eigenvalue weighted by Crippen LogP contribution is -2.51. The predicted molar refractivity (Wildman–Crippen MR) is 72.9 cm³/mol. The zero-order chi connectivity index (χ0) is 15.9. The van der Waals surface area contributed by atoms with Gasteiger partial charge < -0.3 is 20.9 Å². The normalized spacial score (nSPS) is 14.2. The van der Waals surface area contributed by atoms with E-state index < -0.39 is 29.9 Å². The van der Waals surface area contributed by atoms with Gasteiger partial charge in [-0.1, -0.05) is 20.8 Å². The minimum Gasteiger partial charge on any atom is -0.481 e. The average molecular weight is 288 g/mol. The Morgan fingerprint density at radius 1 is 1.30 bits per heavy atom. The number of carboxylic acids is 1. The van der Waals surface area contributed by atoms with Gasteiger partial charge in [0.15, 0.2) is 6.04 Å². The van der Waals surface area contributed by atoms with Crippen LogP contribution < -0.4 is 11.1 Å². The lowest BCUT2D eigenvalue weighted by Gasteiger charge is -2.26. The molecule has 1 amide bonds. The third-order valence-corrected chi connectivity index (χ3v) is 2.45. The number of carbonyl (C=O) groups excluding carboxylic acids is 2. The van der Waals surface area contributed by atoms with E-state index in [1.54, 1.807) is 6.92 Å². The minimum absolute atomic E-state index is 0.125. The first-order valence-electron chi connectivity index (χ1n) is 6.51. The molecule has 0 aliphatic rings. The van der Waals surface area contributed by atoms with E-state index in [1.807, 2.05) is 20.8 Å². The molecule has 0 aliphatic heterocycles. The van der Waals surface area contributed by atoms with Crippen molar-refractivity contribution in [2.75, 3.05) is 6.61 Å². The van der Waals surface area contributed by atoms with Crippen molar-refractivity contribution in [1.29, 1.82) is 0 Å². The fraction of sp³-hybridized carbons (Fsp3) is 0.769. The highest BCUT2D eigenvalue weighted by Crippen LogP contribution is 2.22. The largest absolute Gasteiger partial charge is 0.481 e. The van der Waals surface area contributed by atoms with E-state index in [9.17, 15) is 14.4 Å². The maximum Gasteiger partial charge on any atom is 0.332 e. The SMILES string of the molecule is CCOC(=O)C(N)C(=O)NC(CC(=O)O)CC(C)(C)C. The second-order valence-corrected chi connectivity index (χ2v) is 5.80. The summed E-state index contributed by atoms with van der Waals surface area (Å²) in [5.74, 6) is -2.57. The molecule has 0 heterocycles. The van der Waals surface area contributed by atoms with Crippen LogP contribution in [0.25, 0.3) is 0 Å². The highest BCUT2D eigenvalue weighted by molar-refractivity contribution is 6.01. The topological polar surface area (TPSA) is 119 Å². The molecule has 20 heavy (non-hydrogen) atoms. The molecular weight excluding hydrogens is 264 g/mol. The molecule has 0 saturated heterocycles. The number of hydrogen-bond acceptors (Lipinski definition) is 5. The Morgan fingerprint density at radius 2 is 1.85 bits per heavy atom. The lowest BCUT2D eigenvalue weighted by atomic mass is 9.87. The molecule has 0 aromatic carbocycles. The molecule has 0 radical (unpaired) electrons. The van der Waals surface area contributed by atoms with E-state index in [0.717, 1.165) is 0 Å². The predicted octanol–water partition coefficient (Wildman–Crippen LogP) is 0.273. The van der Waals surface area contributed by atoms with E-state index in [0.29, 0.717) is 6.42 Å². The molecular formula is C13H24N2O5. The second-order valence-electron chi connectivity index (χ2n) is 5.80. The fourth-order valence-electron chi connectivity index (χ4n) is 1.75. The van der Waals surface area contributed by atoms with Crippen LogP contribution in [0.15, 0.2) is 0 Å². The zero-order valence-corrected chi connectivity index (χ0v) is 12.4. The van der Waals surface area contributed by atoms with Gasteiger partial charge in [-0.3, -0.25) is 9.59 Å². The standard InChI is InChI=1S/C13H24N2O5/c1-5-20-12(19)10(14)11(18)15-8(6-9(16)17)7-13(2,3)4/h8,10H,5-7,14H2,1-4H3,(H,15,18)(H,16,17). The van der Waals surface area contributed by atoms with Gasteiger partial charge in [0, 0.05) is 6.04 Å². The second kappa shape index (κ2) is 7.84. The van der Waals surface area contributed by atoms with Gasteiger partial charge in [0.2, 0.25) is 5.91 Å². The van der Waals surface area contributed by atoms with Crippen LogP contribution in [-0.2, 0) is 19.1 Å². The summed E-state index contributed by atoms with van der Waals surface area (Å²) >= 11 is 0. The number of aliphatic carboxylic acids is 1. The first-order valence-corrected chi connectivity index (χ1v) is 6.51. The molecule has 4 N–H and O–H groups in total. The molecule has 0 rings (SSSR count). The van der Waals surface area contributed by atoms with Crippen LogP contribution in [0.1, 0.15) is 40.5 Å². The van der Waals surface area contributed by atoms with Crippen molar-refractivity contribution in [2.24, 2.45) is 11.1 Å². The molecule has 0 saturated carbocycles. The van der Waals surface area contributed by atoms with Gasteiger partial charge in [0.05, 0.1) is 13.0 Å². The van der Waals surface area contributed by atoms with E-state index in [-0.39, 0.29) is 18.4 Å². The molecule has 116 valence electrons. The number of rotatable bonds is 7. The molecule has 2 atom stereocenters. The van der Waals surface area contributed by atoms with Crippen LogP contribution in [0.5, 0.6) is 0 Å². The van der Waals surface area contributed by atoms with Crippen LogP contribution in [0.4, 0.5) is 0 Å². The van der Waals surface area contributed by atoms with Gasteiger partial charge in [-0.05, 0) is 18.8 Å². The summed E-state index contributed by atoms with van der Waals surface area (Å²) in [6.07, 6.45) is 0.235. The Balaban J connectivity index is 4.67. The summed E-state index contributed by atoms with van der Waals surface area (Å²) in [7, 11) is 0. The van der Waals surface area contributed by atoms with Crippen molar-refractivity contribution in [3.05, 3.63) is 0 Å². The van der Waals surface area contributed by atoms with Crippen molar-refractivity contribution >= 4 is 17.8 Å². The Bertz CT molecular complexity index is 362. The van der Waals surface area contributed by atoms with E-state index in [4.69, 9.17) is 10.8 Å². The van der Waals surface area contributed by atoms with Crippen molar-refractivity contribution < 1.29 is 24.2 Å². The van der Waals surface area contributed by atoms with Gasteiger partial charge in [0.25, 0.3) is 0 Å². The number of carboxylic acid groups (broad SMARTS) is 1. The number of nitrogens with two attached hydrogens (primary N) is 1. The maximum absolute atomic E-state index is 11.8. The average Bonchev–Trinajstić information content (AvgIpc) is 2.24. The lowest BCUT2D eigenvalue weighted by molar-refractivity contribution is -0.148. The van der Waals surface area contributed by atoms with Crippen LogP contribution in [0.3, 0.4) is 0 Å². The summed E-state index contributed by atoms with van der Waals surface area (Å²) in [6, 6.07) is -2.02. The third kappa shape index (κ3) is 7.73. The first kappa shape index (κ1) is 18.4. The monoisotopic (exact) mass is 288 g/mol.